The summed E-state index contributed by atoms with van der Waals surface area (Å²) < 4.78 is 5.55. The van der Waals surface area contributed by atoms with Gasteiger partial charge in [-0.2, -0.15) is 0 Å². The predicted molar refractivity (Wildman–Crippen MR) is 63.2 cm³/mol. The van der Waals surface area contributed by atoms with E-state index < -0.39 is 0 Å². The number of hydrogen-bond acceptors (Lipinski definition) is 2. The van der Waals surface area contributed by atoms with Crippen LogP contribution < -0.4 is 10.1 Å². The van der Waals surface area contributed by atoms with E-state index >= 15 is 0 Å². The maximum Gasteiger partial charge on any atom is 0.119 e. The smallest absolute Gasteiger partial charge is 0.119 e. The Morgan fingerprint density at radius 3 is 2.67 bits per heavy atom. The van der Waals surface area contributed by atoms with Crippen molar-refractivity contribution in [3.63, 3.8) is 0 Å². The molecule has 0 fully saturated rings. The first kappa shape index (κ1) is 11.9. The summed E-state index contributed by atoms with van der Waals surface area (Å²) in [6, 6.07) is 7.46. The molecule has 0 aromatic heterocycles. The minimum atomic E-state index is 0.186. The van der Waals surface area contributed by atoms with Crippen molar-refractivity contribution < 1.29 is 4.74 Å². The lowest BCUT2D eigenvalue weighted by Crippen LogP contribution is -2.31. The number of halogens is 1. The highest BCUT2D eigenvalue weighted by Crippen LogP contribution is 2.15. The van der Waals surface area contributed by atoms with Gasteiger partial charge in [0.05, 0.1) is 6.04 Å². The molecule has 3 heteroatoms. The molecule has 1 unspecified atom stereocenters. The van der Waals surface area contributed by atoms with Gasteiger partial charge >= 0.3 is 0 Å². The van der Waals surface area contributed by atoms with Gasteiger partial charge in [-0.25, -0.2) is 0 Å². The maximum atomic E-state index is 5.76. The fraction of sp³-hybridized carbons (Fsp3) is 0.333. The fourth-order valence-corrected chi connectivity index (χ4v) is 1.24. The summed E-state index contributed by atoms with van der Waals surface area (Å²) in [7, 11) is 1.87. The standard InChI is InChI=1S/C12H14ClNO/c1-3-4-11(14-2)9-15-12-7-5-10(13)6-8-12/h1,5-8,11,14H,4,9H2,2H3. The Kier molecular flexibility index (Phi) is 5.03. The summed E-state index contributed by atoms with van der Waals surface area (Å²) in [4.78, 5) is 0. The molecule has 1 atom stereocenters. The van der Waals surface area contributed by atoms with E-state index in [1.165, 1.54) is 0 Å². The Labute approximate surface area is 95.6 Å². The van der Waals surface area contributed by atoms with Gasteiger partial charge in [-0.1, -0.05) is 11.6 Å². The van der Waals surface area contributed by atoms with Crippen LogP contribution in [0.1, 0.15) is 6.42 Å². The van der Waals surface area contributed by atoms with Crippen LogP contribution in [0.15, 0.2) is 24.3 Å². The number of nitrogens with one attached hydrogen (secondary N) is 1. The molecule has 80 valence electrons. The van der Waals surface area contributed by atoms with Gasteiger partial charge in [0.25, 0.3) is 0 Å². The monoisotopic (exact) mass is 223 g/mol. The van der Waals surface area contributed by atoms with Crippen LogP contribution in [0.3, 0.4) is 0 Å². The molecular weight excluding hydrogens is 210 g/mol. The zero-order valence-corrected chi connectivity index (χ0v) is 9.42. The highest BCUT2D eigenvalue weighted by atomic mass is 35.5. The molecule has 0 aliphatic heterocycles. The van der Waals surface area contributed by atoms with Crippen molar-refractivity contribution in [3.05, 3.63) is 29.3 Å². The topological polar surface area (TPSA) is 21.3 Å². The zero-order chi connectivity index (χ0) is 11.1. The second-order valence-electron chi connectivity index (χ2n) is 3.16. The summed E-state index contributed by atoms with van der Waals surface area (Å²) in [5.74, 6) is 3.40. The largest absolute Gasteiger partial charge is 0.492 e. The second-order valence-corrected chi connectivity index (χ2v) is 3.60. The Morgan fingerprint density at radius 1 is 1.47 bits per heavy atom. The van der Waals surface area contributed by atoms with Crippen LogP contribution in [-0.4, -0.2) is 19.7 Å². The van der Waals surface area contributed by atoms with Crippen molar-refractivity contribution in [2.45, 2.75) is 12.5 Å². The van der Waals surface area contributed by atoms with Gasteiger partial charge < -0.3 is 10.1 Å². The predicted octanol–water partition coefficient (Wildman–Crippen LogP) is 2.33. The van der Waals surface area contributed by atoms with Crippen molar-refractivity contribution in [3.8, 4) is 18.1 Å². The molecule has 0 bridgehead atoms. The lowest BCUT2D eigenvalue weighted by molar-refractivity contribution is 0.273. The Morgan fingerprint density at radius 2 is 2.13 bits per heavy atom. The lowest BCUT2D eigenvalue weighted by atomic mass is 10.2. The number of terminal acetylenes is 1. The minimum Gasteiger partial charge on any atom is -0.492 e. The van der Waals surface area contributed by atoms with Crippen molar-refractivity contribution in [1.29, 1.82) is 0 Å². The van der Waals surface area contributed by atoms with Gasteiger partial charge in [0.1, 0.15) is 12.4 Å². The molecule has 0 heterocycles. The summed E-state index contributed by atoms with van der Waals surface area (Å²) >= 11 is 5.76. The van der Waals surface area contributed by atoms with Crippen LogP contribution in [0.2, 0.25) is 5.02 Å². The SMILES string of the molecule is C#CCC(COc1ccc(Cl)cc1)NC. The average molecular weight is 224 g/mol. The van der Waals surface area contributed by atoms with Crippen LogP contribution in [0.25, 0.3) is 0 Å². The summed E-state index contributed by atoms with van der Waals surface area (Å²) in [6.45, 7) is 0.558. The van der Waals surface area contributed by atoms with E-state index in [-0.39, 0.29) is 6.04 Å². The molecule has 0 saturated carbocycles. The van der Waals surface area contributed by atoms with Crippen LogP contribution >= 0.6 is 11.6 Å². The third-order valence-electron chi connectivity index (χ3n) is 2.04. The molecule has 2 nitrogen and oxygen atoms in total. The first-order valence-electron chi connectivity index (χ1n) is 4.75. The molecule has 0 aliphatic carbocycles. The molecule has 0 radical (unpaired) electrons. The van der Waals surface area contributed by atoms with Crippen molar-refractivity contribution in [1.82, 2.24) is 5.32 Å². The first-order valence-corrected chi connectivity index (χ1v) is 5.13. The summed E-state index contributed by atoms with van der Waals surface area (Å²) in [5.41, 5.74) is 0. The third-order valence-corrected chi connectivity index (χ3v) is 2.29. The molecule has 0 aliphatic rings. The van der Waals surface area contributed by atoms with Crippen molar-refractivity contribution >= 4 is 11.6 Å². The third kappa shape index (κ3) is 4.24. The summed E-state index contributed by atoms with van der Waals surface area (Å²) in [5, 5.41) is 3.80. The molecule has 1 N–H and O–H groups in total. The summed E-state index contributed by atoms with van der Waals surface area (Å²) in [6.07, 6.45) is 5.89. The van der Waals surface area contributed by atoms with Gasteiger partial charge in [-0.15, -0.1) is 12.3 Å². The number of likely N-dealkylation sites (N-methyl/N-ethyl adjacent to an activating group) is 1. The van der Waals surface area contributed by atoms with Gasteiger partial charge in [0.2, 0.25) is 0 Å². The quantitative estimate of drug-likeness (QED) is 0.774. The highest BCUT2D eigenvalue weighted by molar-refractivity contribution is 6.30. The Bertz CT molecular complexity index is 328. The average Bonchev–Trinajstić information content (AvgIpc) is 2.26. The zero-order valence-electron chi connectivity index (χ0n) is 8.66. The van der Waals surface area contributed by atoms with E-state index in [4.69, 9.17) is 22.8 Å². The number of benzene rings is 1. The van der Waals surface area contributed by atoms with E-state index in [0.717, 1.165) is 5.75 Å². The molecule has 1 rings (SSSR count). The molecular formula is C12H14ClNO. The maximum absolute atomic E-state index is 5.76. The first-order chi connectivity index (χ1) is 7.26. The molecule has 0 spiro atoms. The van der Waals surface area contributed by atoms with E-state index in [0.29, 0.717) is 18.1 Å². The minimum absolute atomic E-state index is 0.186. The van der Waals surface area contributed by atoms with E-state index in [2.05, 4.69) is 11.2 Å². The molecule has 1 aromatic rings. The Hall–Kier alpha value is -1.17. The number of rotatable bonds is 5. The molecule has 0 saturated heterocycles. The van der Waals surface area contributed by atoms with E-state index in [1.807, 2.05) is 19.2 Å². The van der Waals surface area contributed by atoms with Crippen LogP contribution in [0, 0.1) is 12.3 Å². The van der Waals surface area contributed by atoms with Gasteiger partial charge in [-0.3, -0.25) is 0 Å². The number of ether oxygens (including phenoxy) is 1. The van der Waals surface area contributed by atoms with Gasteiger partial charge in [0.15, 0.2) is 0 Å². The van der Waals surface area contributed by atoms with Crippen molar-refractivity contribution in [2.24, 2.45) is 0 Å². The Balaban J connectivity index is 2.42. The van der Waals surface area contributed by atoms with E-state index in [1.54, 1.807) is 12.1 Å². The molecule has 0 amide bonds. The van der Waals surface area contributed by atoms with Gasteiger partial charge in [0, 0.05) is 11.4 Å². The fourth-order valence-electron chi connectivity index (χ4n) is 1.11. The van der Waals surface area contributed by atoms with Crippen LogP contribution in [0.4, 0.5) is 0 Å². The number of hydrogen-bond donors (Lipinski definition) is 1. The van der Waals surface area contributed by atoms with Crippen molar-refractivity contribution in [2.75, 3.05) is 13.7 Å². The van der Waals surface area contributed by atoms with Crippen LogP contribution in [-0.2, 0) is 0 Å². The lowest BCUT2D eigenvalue weighted by Gasteiger charge is -2.14. The molecule has 15 heavy (non-hydrogen) atoms. The molecule has 1 aromatic carbocycles. The van der Waals surface area contributed by atoms with Crippen LogP contribution in [0.5, 0.6) is 5.75 Å². The van der Waals surface area contributed by atoms with E-state index in [9.17, 15) is 0 Å². The second kappa shape index (κ2) is 6.34. The highest BCUT2D eigenvalue weighted by Gasteiger charge is 2.04. The van der Waals surface area contributed by atoms with Gasteiger partial charge in [-0.05, 0) is 31.3 Å². The normalized spacial score (nSPS) is 11.8.